The second-order valence-corrected chi connectivity index (χ2v) is 10.7. The number of hydrogen-bond acceptors (Lipinski definition) is 7. The van der Waals surface area contributed by atoms with Gasteiger partial charge in [0.25, 0.3) is 0 Å². The van der Waals surface area contributed by atoms with E-state index in [0.717, 1.165) is 5.69 Å². The number of carbonyl (C=O) groups is 1. The predicted molar refractivity (Wildman–Crippen MR) is 123 cm³/mol. The number of pyridine rings is 2. The molecule has 0 amide bonds. The van der Waals surface area contributed by atoms with Gasteiger partial charge in [-0.05, 0) is 63.3 Å². The average molecular weight is 524 g/mol. The first-order valence-corrected chi connectivity index (χ1v) is 12.6. The summed E-state index contributed by atoms with van der Waals surface area (Å²) in [5, 5.41) is 0. The molecule has 1 saturated carbocycles. The number of hydrogen-bond donors (Lipinski definition) is 2. The molecule has 0 unspecified atom stereocenters. The van der Waals surface area contributed by atoms with Gasteiger partial charge in [0.15, 0.2) is 5.82 Å². The van der Waals surface area contributed by atoms with E-state index in [9.17, 15) is 26.4 Å². The van der Waals surface area contributed by atoms with Gasteiger partial charge in [-0.3, -0.25) is 9.97 Å². The molecule has 0 aromatic carbocycles. The van der Waals surface area contributed by atoms with Crippen LogP contribution in [0.5, 0.6) is 0 Å². The zero-order chi connectivity index (χ0) is 26.1. The third-order valence-electron chi connectivity index (χ3n) is 6.00. The molecule has 1 fully saturated rings. The predicted octanol–water partition coefficient (Wildman–Crippen LogP) is 3.93. The highest BCUT2D eigenvalue weighted by atomic mass is 32.2. The summed E-state index contributed by atoms with van der Waals surface area (Å²) in [6.45, 7) is 3.26. The highest BCUT2D eigenvalue weighted by Crippen LogP contribution is 2.34. The van der Waals surface area contributed by atoms with Gasteiger partial charge in [-0.15, -0.1) is 0 Å². The Kier molecular flexibility index (Phi) is 6.88. The molecule has 36 heavy (non-hydrogen) atoms. The Bertz CT molecular complexity index is 1370. The topological polar surface area (TPSA) is 127 Å². The van der Waals surface area contributed by atoms with Crippen molar-refractivity contribution >= 4 is 16.0 Å². The van der Waals surface area contributed by atoms with Crippen LogP contribution in [0, 0.1) is 6.92 Å². The summed E-state index contributed by atoms with van der Waals surface area (Å²) >= 11 is 0. The molecule has 4 rings (SSSR count). The lowest BCUT2D eigenvalue weighted by Crippen LogP contribution is -2.45. The Morgan fingerprint density at radius 3 is 2.56 bits per heavy atom. The lowest BCUT2D eigenvalue weighted by atomic mass is 9.84. The number of nitrogens with one attached hydrogen (secondary N) is 2. The molecule has 3 heterocycles. The van der Waals surface area contributed by atoms with Crippen LogP contribution in [0.3, 0.4) is 0 Å². The molecular weight excluding hydrogens is 499 g/mol. The largest absolute Gasteiger partial charge is 0.490 e. The fourth-order valence-corrected chi connectivity index (χ4v) is 5.32. The maximum Gasteiger partial charge on any atom is 0.490 e. The summed E-state index contributed by atoms with van der Waals surface area (Å²) in [4.78, 5) is 26.9. The maximum atomic E-state index is 13.0. The average Bonchev–Trinajstić information content (AvgIpc) is 3.26. The molecular formula is C23H24F3N5O4S. The second-order valence-electron chi connectivity index (χ2n) is 8.96. The van der Waals surface area contributed by atoms with E-state index >= 15 is 0 Å². The van der Waals surface area contributed by atoms with Gasteiger partial charge in [0.05, 0.1) is 5.69 Å². The monoisotopic (exact) mass is 523 g/mol. The normalized spacial score (nSPS) is 20.8. The minimum Gasteiger partial charge on any atom is -0.453 e. The second kappa shape index (κ2) is 9.62. The number of nitrogens with zero attached hydrogens (tertiary/aromatic N) is 3. The molecule has 0 aliphatic heterocycles. The third-order valence-corrected chi connectivity index (χ3v) is 7.49. The van der Waals surface area contributed by atoms with Crippen molar-refractivity contribution in [2.75, 3.05) is 0 Å². The third kappa shape index (κ3) is 5.90. The van der Waals surface area contributed by atoms with Gasteiger partial charge in [-0.1, -0.05) is 0 Å². The van der Waals surface area contributed by atoms with E-state index in [-0.39, 0.29) is 30.6 Å². The first kappa shape index (κ1) is 25.8. The number of aryl methyl sites for hydroxylation is 1. The van der Waals surface area contributed by atoms with Crippen molar-refractivity contribution < 1.29 is 31.1 Å². The van der Waals surface area contributed by atoms with Crippen LogP contribution in [0.15, 0.2) is 47.9 Å². The molecule has 3 aromatic rings. The molecule has 0 spiro atoms. The van der Waals surface area contributed by atoms with E-state index in [0.29, 0.717) is 22.6 Å². The summed E-state index contributed by atoms with van der Waals surface area (Å²) in [5.41, 5.74) is 1.34. The minimum atomic E-state index is -5.08. The lowest BCUT2D eigenvalue weighted by Gasteiger charge is -2.37. The molecule has 2 N–H and O–H groups in total. The summed E-state index contributed by atoms with van der Waals surface area (Å²) in [6.07, 6.45) is 1.62. The lowest BCUT2D eigenvalue weighted by molar-refractivity contribution is -0.215. The summed E-state index contributed by atoms with van der Waals surface area (Å²) in [7, 11) is -3.97. The number of carbonyl (C=O) groups excluding carboxylic acids is 1. The molecule has 0 saturated heterocycles. The highest BCUT2D eigenvalue weighted by molar-refractivity contribution is 7.89. The van der Waals surface area contributed by atoms with Crippen LogP contribution in [0.25, 0.3) is 22.6 Å². The number of esters is 1. The van der Waals surface area contributed by atoms with E-state index in [1.807, 2.05) is 6.92 Å². The maximum absolute atomic E-state index is 13.0. The van der Waals surface area contributed by atoms with Crippen molar-refractivity contribution in [2.24, 2.45) is 0 Å². The van der Waals surface area contributed by atoms with Crippen molar-refractivity contribution in [1.82, 2.24) is 24.7 Å². The fourth-order valence-electron chi connectivity index (χ4n) is 4.03. The van der Waals surface area contributed by atoms with Crippen LogP contribution in [0.4, 0.5) is 13.2 Å². The summed E-state index contributed by atoms with van der Waals surface area (Å²) < 4.78 is 70.9. The summed E-state index contributed by atoms with van der Waals surface area (Å²) in [6, 6.07) is 4.46. The molecule has 3 aromatic heterocycles. The Morgan fingerprint density at radius 2 is 1.92 bits per heavy atom. The smallest absolute Gasteiger partial charge is 0.453 e. The minimum absolute atomic E-state index is 0.0518. The Morgan fingerprint density at radius 1 is 1.19 bits per heavy atom. The Labute approximate surface area is 205 Å². The fraction of sp³-hybridized carbons (Fsp3) is 0.391. The number of sulfonamides is 1. The van der Waals surface area contributed by atoms with E-state index in [1.54, 1.807) is 24.5 Å². The molecule has 1 aliphatic carbocycles. The zero-order valence-corrected chi connectivity index (χ0v) is 20.3. The highest BCUT2D eigenvalue weighted by Gasteiger charge is 2.46. The van der Waals surface area contributed by atoms with Crippen LogP contribution < -0.4 is 4.72 Å². The molecule has 0 atom stereocenters. The van der Waals surface area contributed by atoms with Crippen molar-refractivity contribution in [1.29, 1.82) is 0 Å². The van der Waals surface area contributed by atoms with Gasteiger partial charge in [-0.2, -0.15) is 13.2 Å². The standard InChI is InChI=1S/C23H24F3N5O4S/c1-14-11-29-20(30-14)19-10-15(5-8-28-19)16-9-18(13-27-12-16)36(33,34)31-17-3-6-22(2,7-4-17)35-21(32)23(24,25)26/h5,8-13,17,31H,3-4,6-7H2,1-2H3,(H,29,30)/t17-,22+. The van der Waals surface area contributed by atoms with Gasteiger partial charge in [0.1, 0.15) is 16.2 Å². The molecule has 0 bridgehead atoms. The number of imidazole rings is 1. The van der Waals surface area contributed by atoms with Crippen LogP contribution in [0.2, 0.25) is 0 Å². The van der Waals surface area contributed by atoms with Gasteiger partial charge in [-0.25, -0.2) is 22.9 Å². The molecule has 192 valence electrons. The van der Waals surface area contributed by atoms with Gasteiger partial charge in [0.2, 0.25) is 10.0 Å². The number of ether oxygens (including phenoxy) is 1. The molecule has 13 heteroatoms. The van der Waals surface area contributed by atoms with Crippen molar-refractivity contribution in [3.63, 3.8) is 0 Å². The van der Waals surface area contributed by atoms with E-state index in [1.165, 1.54) is 25.4 Å². The van der Waals surface area contributed by atoms with Crippen LogP contribution in [0.1, 0.15) is 38.3 Å². The molecule has 1 aliphatic rings. The van der Waals surface area contributed by atoms with Gasteiger partial charge in [0, 0.05) is 36.4 Å². The van der Waals surface area contributed by atoms with Crippen LogP contribution in [-0.2, 0) is 19.6 Å². The molecule has 0 radical (unpaired) electrons. The van der Waals surface area contributed by atoms with Crippen molar-refractivity contribution in [3.05, 3.63) is 48.7 Å². The number of rotatable bonds is 6. The number of halogens is 3. The first-order chi connectivity index (χ1) is 16.8. The van der Waals surface area contributed by atoms with E-state index < -0.39 is 33.8 Å². The zero-order valence-electron chi connectivity index (χ0n) is 19.5. The quantitative estimate of drug-likeness (QED) is 0.469. The first-order valence-electron chi connectivity index (χ1n) is 11.1. The molecule has 9 nitrogen and oxygen atoms in total. The van der Waals surface area contributed by atoms with Crippen LogP contribution in [-0.4, -0.2) is 52.1 Å². The van der Waals surface area contributed by atoms with Crippen molar-refractivity contribution in [3.8, 4) is 22.6 Å². The van der Waals surface area contributed by atoms with E-state index in [4.69, 9.17) is 0 Å². The Hall–Kier alpha value is -3.32. The van der Waals surface area contributed by atoms with E-state index in [2.05, 4.69) is 29.4 Å². The number of H-pyrrole nitrogens is 1. The van der Waals surface area contributed by atoms with Crippen molar-refractivity contribution in [2.45, 2.75) is 62.2 Å². The Balaban J connectivity index is 1.45. The van der Waals surface area contributed by atoms with Gasteiger partial charge < -0.3 is 9.72 Å². The number of aromatic nitrogens is 4. The summed E-state index contributed by atoms with van der Waals surface area (Å²) in [5.74, 6) is -1.66. The number of alkyl halides is 3. The SMILES string of the molecule is Cc1c[nH]c(-c2cc(-c3cncc(S(=O)(=O)N[C@H]4CC[C@@](C)(OC(=O)C(F)(F)F)CC4)c3)ccn2)n1. The van der Waals surface area contributed by atoms with Gasteiger partial charge >= 0.3 is 12.1 Å². The number of aromatic amines is 1. The van der Waals surface area contributed by atoms with Crippen LogP contribution >= 0.6 is 0 Å².